The molecule has 0 unspecified atom stereocenters. The van der Waals surface area contributed by atoms with Gasteiger partial charge in [-0.05, 0) is 48.2 Å². The minimum atomic E-state index is 0.546. The van der Waals surface area contributed by atoms with Gasteiger partial charge in [-0.25, -0.2) is 0 Å². The second kappa shape index (κ2) is 4.48. The molecule has 0 atom stereocenters. The molecule has 0 saturated carbocycles. The van der Waals surface area contributed by atoms with Crippen molar-refractivity contribution in [2.75, 3.05) is 0 Å². The maximum atomic E-state index is 5.96. The Labute approximate surface area is 106 Å². The van der Waals surface area contributed by atoms with Crippen LogP contribution in [0.25, 0.3) is 11.1 Å². The molecular weight excluding hydrogens is 239 g/mol. The van der Waals surface area contributed by atoms with Crippen LogP contribution in [0.5, 0.6) is 0 Å². The summed E-state index contributed by atoms with van der Waals surface area (Å²) in [5.74, 6) is 0. The molecule has 2 rings (SSSR count). The van der Waals surface area contributed by atoms with E-state index in [0.29, 0.717) is 10.0 Å². The first-order chi connectivity index (χ1) is 7.58. The number of rotatable bonds is 1. The van der Waals surface area contributed by atoms with Crippen LogP contribution in [-0.4, -0.2) is 0 Å². The highest BCUT2D eigenvalue weighted by molar-refractivity contribution is 6.34. The van der Waals surface area contributed by atoms with E-state index in [4.69, 9.17) is 23.2 Å². The van der Waals surface area contributed by atoms with E-state index in [1.807, 2.05) is 18.2 Å². The molecule has 0 fully saturated rings. The van der Waals surface area contributed by atoms with E-state index < -0.39 is 0 Å². The van der Waals surface area contributed by atoms with Gasteiger partial charge < -0.3 is 0 Å². The van der Waals surface area contributed by atoms with Gasteiger partial charge in [0.1, 0.15) is 0 Å². The fourth-order valence-electron chi connectivity index (χ4n) is 1.92. The van der Waals surface area contributed by atoms with Crippen molar-refractivity contribution in [3.05, 3.63) is 57.6 Å². The molecule has 16 heavy (non-hydrogen) atoms. The topological polar surface area (TPSA) is 0 Å². The Morgan fingerprint density at radius 2 is 1.44 bits per heavy atom. The fourth-order valence-corrected chi connectivity index (χ4v) is 2.40. The average Bonchev–Trinajstić information content (AvgIpc) is 2.15. The lowest BCUT2D eigenvalue weighted by atomic mass is 9.96. The summed E-state index contributed by atoms with van der Waals surface area (Å²) in [6.45, 7) is 4.17. The Hall–Kier alpha value is -0.980. The third kappa shape index (κ3) is 2.23. The van der Waals surface area contributed by atoms with Crippen LogP contribution in [0.4, 0.5) is 0 Å². The largest absolute Gasteiger partial charge is 0.0836 e. The molecule has 0 nitrogen and oxygen atoms in total. The van der Waals surface area contributed by atoms with Crippen LogP contribution in [0.3, 0.4) is 0 Å². The van der Waals surface area contributed by atoms with Gasteiger partial charge in [0, 0.05) is 6.07 Å². The molecular formula is C14H11Cl2. The smallest absolute Gasteiger partial charge is 0.0506 e. The van der Waals surface area contributed by atoms with Gasteiger partial charge in [0.15, 0.2) is 0 Å². The summed E-state index contributed by atoms with van der Waals surface area (Å²) in [4.78, 5) is 0. The molecule has 0 heterocycles. The van der Waals surface area contributed by atoms with Crippen molar-refractivity contribution in [2.24, 2.45) is 0 Å². The fraction of sp³-hybridized carbons (Fsp3) is 0.143. The zero-order chi connectivity index (χ0) is 11.7. The second-order valence-electron chi connectivity index (χ2n) is 3.83. The summed E-state index contributed by atoms with van der Waals surface area (Å²) in [6, 6.07) is 12.8. The van der Waals surface area contributed by atoms with Gasteiger partial charge >= 0.3 is 0 Å². The van der Waals surface area contributed by atoms with Gasteiger partial charge in [-0.1, -0.05) is 41.4 Å². The van der Waals surface area contributed by atoms with E-state index in [0.717, 1.165) is 5.56 Å². The van der Waals surface area contributed by atoms with Gasteiger partial charge in [0.25, 0.3) is 0 Å². The standard InChI is InChI=1S/C14H11Cl2/c1-9-4-3-5-10(2)14(9)11-6-12(15)8-13(16)7-11/h3-7H,1-2H3. The summed E-state index contributed by atoms with van der Waals surface area (Å²) in [6.07, 6.45) is 0. The molecule has 0 spiro atoms. The zero-order valence-corrected chi connectivity index (χ0v) is 10.7. The lowest BCUT2D eigenvalue weighted by Gasteiger charge is -2.10. The van der Waals surface area contributed by atoms with Crippen LogP contribution in [0, 0.1) is 19.9 Å². The Morgan fingerprint density at radius 3 is 1.94 bits per heavy atom. The Morgan fingerprint density at radius 1 is 0.938 bits per heavy atom. The van der Waals surface area contributed by atoms with Gasteiger partial charge in [0.05, 0.1) is 10.0 Å². The molecule has 0 aliphatic rings. The third-order valence-electron chi connectivity index (χ3n) is 2.57. The van der Waals surface area contributed by atoms with Gasteiger partial charge in [-0.2, -0.15) is 0 Å². The first-order valence-corrected chi connectivity index (χ1v) is 5.78. The van der Waals surface area contributed by atoms with Crippen molar-refractivity contribution in [1.29, 1.82) is 0 Å². The quantitative estimate of drug-likeness (QED) is 0.662. The van der Waals surface area contributed by atoms with E-state index >= 15 is 0 Å². The highest BCUT2D eigenvalue weighted by atomic mass is 35.5. The minimum absolute atomic E-state index is 0.546. The van der Waals surface area contributed by atoms with Crippen molar-refractivity contribution in [2.45, 2.75) is 13.8 Å². The molecule has 0 aliphatic carbocycles. The van der Waals surface area contributed by atoms with Gasteiger partial charge in [0.2, 0.25) is 0 Å². The van der Waals surface area contributed by atoms with E-state index in [1.165, 1.54) is 16.7 Å². The molecule has 0 N–H and O–H groups in total. The van der Waals surface area contributed by atoms with E-state index in [9.17, 15) is 0 Å². The molecule has 1 radical (unpaired) electrons. The van der Waals surface area contributed by atoms with E-state index in [2.05, 4.69) is 32.0 Å². The molecule has 0 bridgehead atoms. The Bertz CT molecular complexity index is 490. The van der Waals surface area contributed by atoms with Gasteiger partial charge in [-0.15, -0.1) is 0 Å². The molecule has 2 heteroatoms. The van der Waals surface area contributed by atoms with Crippen LogP contribution in [-0.2, 0) is 0 Å². The highest BCUT2D eigenvalue weighted by Crippen LogP contribution is 2.31. The first kappa shape index (κ1) is 11.5. The van der Waals surface area contributed by atoms with Crippen molar-refractivity contribution in [3.8, 4) is 11.1 Å². The first-order valence-electron chi connectivity index (χ1n) is 5.03. The minimum Gasteiger partial charge on any atom is -0.0836 e. The predicted octanol–water partition coefficient (Wildman–Crippen LogP) is 5.08. The molecule has 81 valence electrons. The zero-order valence-electron chi connectivity index (χ0n) is 9.14. The number of aryl methyl sites for hydroxylation is 2. The Kier molecular flexibility index (Phi) is 3.22. The molecule has 0 aliphatic heterocycles. The number of benzene rings is 2. The average molecular weight is 250 g/mol. The summed E-state index contributed by atoms with van der Waals surface area (Å²) in [7, 11) is 0. The van der Waals surface area contributed by atoms with Crippen molar-refractivity contribution in [1.82, 2.24) is 0 Å². The van der Waals surface area contributed by atoms with Crippen molar-refractivity contribution in [3.63, 3.8) is 0 Å². The summed E-state index contributed by atoms with van der Waals surface area (Å²) in [5.41, 5.74) is 4.68. The van der Waals surface area contributed by atoms with Crippen LogP contribution < -0.4 is 0 Å². The summed E-state index contributed by atoms with van der Waals surface area (Å²) < 4.78 is 0. The number of halogens is 2. The normalized spacial score (nSPS) is 10.5. The summed E-state index contributed by atoms with van der Waals surface area (Å²) >= 11 is 11.9. The monoisotopic (exact) mass is 249 g/mol. The third-order valence-corrected chi connectivity index (χ3v) is 2.98. The second-order valence-corrected chi connectivity index (χ2v) is 4.65. The molecule has 2 aromatic carbocycles. The van der Waals surface area contributed by atoms with E-state index in [1.54, 1.807) is 0 Å². The lowest BCUT2D eigenvalue weighted by Crippen LogP contribution is -1.87. The maximum absolute atomic E-state index is 5.96. The van der Waals surface area contributed by atoms with Crippen LogP contribution in [0.1, 0.15) is 11.1 Å². The number of hydrogen-bond donors (Lipinski definition) is 0. The Balaban J connectivity index is 2.67. The number of hydrogen-bond acceptors (Lipinski definition) is 0. The molecule has 2 aromatic rings. The van der Waals surface area contributed by atoms with Crippen LogP contribution >= 0.6 is 23.2 Å². The lowest BCUT2D eigenvalue weighted by molar-refractivity contribution is 1.38. The highest BCUT2D eigenvalue weighted by Gasteiger charge is 2.07. The SMILES string of the molecule is Cc1cccc(C)c1-c1cc(Cl)[c]c(Cl)c1. The maximum Gasteiger partial charge on any atom is 0.0506 e. The van der Waals surface area contributed by atoms with Crippen molar-refractivity contribution < 1.29 is 0 Å². The van der Waals surface area contributed by atoms with Crippen molar-refractivity contribution >= 4 is 23.2 Å². The molecule has 0 aromatic heterocycles. The van der Waals surface area contributed by atoms with Crippen LogP contribution in [0.15, 0.2) is 30.3 Å². The molecule has 0 saturated heterocycles. The predicted molar refractivity (Wildman–Crippen MR) is 70.2 cm³/mol. The van der Waals surface area contributed by atoms with Gasteiger partial charge in [-0.3, -0.25) is 0 Å². The van der Waals surface area contributed by atoms with Crippen LogP contribution in [0.2, 0.25) is 10.0 Å². The molecule has 0 amide bonds. The van der Waals surface area contributed by atoms with E-state index in [-0.39, 0.29) is 0 Å². The summed E-state index contributed by atoms with van der Waals surface area (Å²) in [5, 5.41) is 1.09.